The third kappa shape index (κ3) is 2.46. The summed E-state index contributed by atoms with van der Waals surface area (Å²) in [4.78, 5) is 16.8. The fourth-order valence-electron chi connectivity index (χ4n) is 1.52. The first-order valence-electron chi connectivity index (χ1n) is 5.07. The average Bonchev–Trinajstić information content (AvgIpc) is 3.02. The van der Waals surface area contributed by atoms with Gasteiger partial charge in [0.15, 0.2) is 0 Å². The molecule has 1 fully saturated rings. The molecule has 80 valence electrons. The maximum absolute atomic E-state index is 10.6. The summed E-state index contributed by atoms with van der Waals surface area (Å²) in [5, 5.41) is 8.72. The molecule has 0 aromatic carbocycles. The van der Waals surface area contributed by atoms with Crippen molar-refractivity contribution in [3.8, 4) is 0 Å². The van der Waals surface area contributed by atoms with Gasteiger partial charge in [0.1, 0.15) is 5.82 Å². The monoisotopic (exact) mass is 206 g/mol. The summed E-state index contributed by atoms with van der Waals surface area (Å²) >= 11 is 0. The highest BCUT2D eigenvalue weighted by Gasteiger charge is 2.23. The zero-order valence-corrected chi connectivity index (χ0v) is 8.68. The van der Waals surface area contributed by atoms with Crippen molar-refractivity contribution in [3.63, 3.8) is 0 Å². The third-order valence-corrected chi connectivity index (χ3v) is 2.61. The van der Waals surface area contributed by atoms with Crippen molar-refractivity contribution >= 4 is 11.8 Å². The Balaban J connectivity index is 2.04. The molecule has 1 aromatic heterocycles. The molecule has 15 heavy (non-hydrogen) atoms. The SMILES string of the molecule is CN(CC1CC1)c1ccc(C(=O)O)cn1. The number of hydrogen-bond acceptors (Lipinski definition) is 3. The zero-order valence-electron chi connectivity index (χ0n) is 8.68. The van der Waals surface area contributed by atoms with E-state index in [1.807, 2.05) is 7.05 Å². The lowest BCUT2D eigenvalue weighted by molar-refractivity contribution is 0.0696. The minimum atomic E-state index is -0.932. The normalized spacial score (nSPS) is 15.0. The maximum Gasteiger partial charge on any atom is 0.337 e. The first-order valence-corrected chi connectivity index (χ1v) is 5.07. The lowest BCUT2D eigenvalue weighted by Gasteiger charge is -2.17. The molecule has 2 rings (SSSR count). The van der Waals surface area contributed by atoms with Crippen LogP contribution in [0.2, 0.25) is 0 Å². The molecule has 1 aromatic rings. The Labute approximate surface area is 88.6 Å². The van der Waals surface area contributed by atoms with Gasteiger partial charge in [-0.15, -0.1) is 0 Å². The number of pyridine rings is 1. The van der Waals surface area contributed by atoms with Crippen molar-refractivity contribution in [1.29, 1.82) is 0 Å². The van der Waals surface area contributed by atoms with Gasteiger partial charge in [0.2, 0.25) is 0 Å². The Morgan fingerprint density at radius 2 is 2.33 bits per heavy atom. The highest BCUT2D eigenvalue weighted by molar-refractivity contribution is 5.87. The predicted molar refractivity (Wildman–Crippen MR) is 57.2 cm³/mol. The Morgan fingerprint density at radius 1 is 1.60 bits per heavy atom. The van der Waals surface area contributed by atoms with Gasteiger partial charge in [-0.25, -0.2) is 9.78 Å². The van der Waals surface area contributed by atoms with Crippen LogP contribution in [0.25, 0.3) is 0 Å². The van der Waals surface area contributed by atoms with Gasteiger partial charge in [-0.05, 0) is 30.9 Å². The lowest BCUT2D eigenvalue weighted by Crippen LogP contribution is -2.21. The van der Waals surface area contributed by atoms with Gasteiger partial charge in [-0.3, -0.25) is 0 Å². The molecule has 0 saturated heterocycles. The van der Waals surface area contributed by atoms with Crippen LogP contribution >= 0.6 is 0 Å². The van der Waals surface area contributed by atoms with Crippen LogP contribution in [0.15, 0.2) is 18.3 Å². The first kappa shape index (κ1) is 9.96. The molecule has 0 bridgehead atoms. The molecular weight excluding hydrogens is 192 g/mol. The van der Waals surface area contributed by atoms with Crippen molar-refractivity contribution in [1.82, 2.24) is 4.98 Å². The van der Waals surface area contributed by atoms with Gasteiger partial charge in [-0.1, -0.05) is 0 Å². The number of rotatable bonds is 4. The summed E-state index contributed by atoms with van der Waals surface area (Å²) in [5.41, 5.74) is 0.235. The van der Waals surface area contributed by atoms with Crippen LogP contribution in [-0.4, -0.2) is 29.7 Å². The molecule has 4 nitrogen and oxygen atoms in total. The number of carboxylic acids is 1. The predicted octanol–water partition coefficient (Wildman–Crippen LogP) is 1.63. The van der Waals surface area contributed by atoms with Gasteiger partial charge < -0.3 is 10.0 Å². The van der Waals surface area contributed by atoms with Gasteiger partial charge in [-0.2, -0.15) is 0 Å². The average molecular weight is 206 g/mol. The molecule has 0 unspecified atom stereocenters. The van der Waals surface area contributed by atoms with Gasteiger partial charge in [0.05, 0.1) is 5.56 Å². The van der Waals surface area contributed by atoms with Crippen LogP contribution in [0.5, 0.6) is 0 Å². The van der Waals surface area contributed by atoms with Crippen LogP contribution in [0.4, 0.5) is 5.82 Å². The van der Waals surface area contributed by atoms with Crippen LogP contribution in [0.3, 0.4) is 0 Å². The smallest absolute Gasteiger partial charge is 0.337 e. The summed E-state index contributed by atoms with van der Waals surface area (Å²) < 4.78 is 0. The second-order valence-corrected chi connectivity index (χ2v) is 4.03. The van der Waals surface area contributed by atoms with E-state index in [2.05, 4.69) is 9.88 Å². The Morgan fingerprint density at radius 3 is 2.80 bits per heavy atom. The number of carbonyl (C=O) groups is 1. The number of carboxylic acid groups (broad SMARTS) is 1. The van der Waals surface area contributed by atoms with E-state index in [9.17, 15) is 4.79 Å². The molecule has 0 amide bonds. The quantitative estimate of drug-likeness (QED) is 0.813. The van der Waals surface area contributed by atoms with E-state index in [0.717, 1.165) is 18.3 Å². The van der Waals surface area contributed by atoms with E-state index in [0.29, 0.717) is 0 Å². The number of nitrogens with zero attached hydrogens (tertiary/aromatic N) is 2. The van der Waals surface area contributed by atoms with Gasteiger partial charge in [0, 0.05) is 19.8 Å². The lowest BCUT2D eigenvalue weighted by atomic mass is 10.3. The molecule has 1 heterocycles. The molecule has 1 aliphatic carbocycles. The number of aromatic carboxylic acids is 1. The number of hydrogen-bond donors (Lipinski definition) is 1. The van der Waals surface area contributed by atoms with Gasteiger partial charge >= 0.3 is 5.97 Å². The van der Waals surface area contributed by atoms with Crippen LogP contribution in [0.1, 0.15) is 23.2 Å². The van der Waals surface area contributed by atoms with E-state index in [1.54, 1.807) is 12.1 Å². The molecule has 1 aliphatic rings. The highest BCUT2D eigenvalue weighted by Crippen LogP contribution is 2.30. The summed E-state index contributed by atoms with van der Waals surface area (Å²) in [5.74, 6) is 0.710. The second kappa shape index (κ2) is 3.88. The summed E-state index contributed by atoms with van der Waals surface area (Å²) in [7, 11) is 1.99. The fraction of sp³-hybridized carbons (Fsp3) is 0.455. The van der Waals surface area contributed by atoms with Crippen LogP contribution in [0, 0.1) is 5.92 Å². The van der Waals surface area contributed by atoms with E-state index in [1.165, 1.54) is 19.0 Å². The fourth-order valence-corrected chi connectivity index (χ4v) is 1.52. The standard InChI is InChI=1S/C11H14N2O2/c1-13(7-8-2-3-8)10-5-4-9(6-12-10)11(14)15/h4-6,8H,2-3,7H2,1H3,(H,14,15). The largest absolute Gasteiger partial charge is 0.478 e. The van der Waals surface area contributed by atoms with E-state index >= 15 is 0 Å². The van der Waals surface area contributed by atoms with Crippen LogP contribution < -0.4 is 4.90 Å². The molecule has 0 radical (unpaired) electrons. The molecule has 0 spiro atoms. The Kier molecular flexibility index (Phi) is 2.58. The minimum Gasteiger partial charge on any atom is -0.478 e. The topological polar surface area (TPSA) is 53.4 Å². The maximum atomic E-state index is 10.6. The van der Waals surface area contributed by atoms with E-state index in [-0.39, 0.29) is 5.56 Å². The highest BCUT2D eigenvalue weighted by atomic mass is 16.4. The molecular formula is C11H14N2O2. The van der Waals surface area contributed by atoms with Crippen molar-refractivity contribution in [2.75, 3.05) is 18.5 Å². The Hall–Kier alpha value is -1.58. The third-order valence-electron chi connectivity index (χ3n) is 2.61. The molecule has 0 aliphatic heterocycles. The van der Waals surface area contributed by atoms with E-state index in [4.69, 9.17) is 5.11 Å². The van der Waals surface area contributed by atoms with E-state index < -0.39 is 5.97 Å². The van der Waals surface area contributed by atoms with Crippen molar-refractivity contribution in [2.24, 2.45) is 5.92 Å². The number of aromatic nitrogens is 1. The zero-order chi connectivity index (χ0) is 10.8. The van der Waals surface area contributed by atoms with Gasteiger partial charge in [0.25, 0.3) is 0 Å². The number of anilines is 1. The molecule has 1 saturated carbocycles. The summed E-state index contributed by atoms with van der Waals surface area (Å²) in [6, 6.07) is 3.35. The van der Waals surface area contributed by atoms with Crippen molar-refractivity contribution in [3.05, 3.63) is 23.9 Å². The molecule has 0 atom stereocenters. The summed E-state index contributed by atoms with van der Waals surface area (Å²) in [6.45, 7) is 1.01. The van der Waals surface area contributed by atoms with Crippen molar-refractivity contribution < 1.29 is 9.90 Å². The summed E-state index contributed by atoms with van der Waals surface area (Å²) in [6.07, 6.45) is 4.01. The van der Waals surface area contributed by atoms with Crippen molar-refractivity contribution in [2.45, 2.75) is 12.8 Å². The second-order valence-electron chi connectivity index (χ2n) is 4.03. The molecule has 1 N–H and O–H groups in total. The first-order chi connectivity index (χ1) is 7.16. The minimum absolute atomic E-state index is 0.235. The molecule has 4 heteroatoms. The van der Waals surface area contributed by atoms with Crippen LogP contribution in [-0.2, 0) is 0 Å². The Bertz CT molecular complexity index is 357.